The van der Waals surface area contributed by atoms with Crippen molar-refractivity contribution in [1.29, 1.82) is 0 Å². The van der Waals surface area contributed by atoms with Crippen molar-refractivity contribution in [3.63, 3.8) is 0 Å². The standard InChI is InChI=1S/C6H14O2.C5H8O3/c7-5-3-1-2-4-6-8;1-3-5(6)8-7-4-2/h7-8H,1-6H2;3H,1,4H2,2H3. The molecule has 0 aliphatic carbocycles. The molecule has 0 aliphatic rings. The van der Waals surface area contributed by atoms with E-state index in [-0.39, 0.29) is 13.2 Å². The molecule has 16 heavy (non-hydrogen) atoms. The molecule has 0 saturated carbocycles. The van der Waals surface area contributed by atoms with Gasteiger partial charge in [0.05, 0.1) is 6.61 Å². The van der Waals surface area contributed by atoms with Crippen LogP contribution in [0.4, 0.5) is 0 Å². The van der Waals surface area contributed by atoms with E-state index >= 15 is 0 Å². The predicted octanol–water partition coefficient (Wildman–Crippen LogP) is 1.20. The van der Waals surface area contributed by atoms with E-state index < -0.39 is 5.97 Å². The minimum atomic E-state index is -0.563. The van der Waals surface area contributed by atoms with Crippen LogP contribution < -0.4 is 0 Å². The molecule has 0 radical (unpaired) electrons. The lowest BCUT2D eigenvalue weighted by Gasteiger charge is -1.93. The summed E-state index contributed by atoms with van der Waals surface area (Å²) in [6.07, 6.45) is 4.86. The minimum Gasteiger partial charge on any atom is -0.396 e. The summed E-state index contributed by atoms with van der Waals surface area (Å²) in [6.45, 7) is 5.80. The number of carbonyl (C=O) groups excluding carboxylic acids is 1. The molecular formula is C11H22O5. The van der Waals surface area contributed by atoms with E-state index in [0.29, 0.717) is 6.61 Å². The fourth-order valence-corrected chi connectivity index (χ4v) is 0.728. The van der Waals surface area contributed by atoms with Gasteiger partial charge in [0.25, 0.3) is 0 Å². The maximum Gasteiger partial charge on any atom is 0.365 e. The highest BCUT2D eigenvalue weighted by molar-refractivity contribution is 5.80. The van der Waals surface area contributed by atoms with Gasteiger partial charge in [0.1, 0.15) is 0 Å². The first-order valence-corrected chi connectivity index (χ1v) is 5.40. The van der Waals surface area contributed by atoms with Gasteiger partial charge in [-0.3, -0.25) is 4.89 Å². The van der Waals surface area contributed by atoms with Crippen molar-refractivity contribution >= 4 is 5.97 Å². The van der Waals surface area contributed by atoms with Gasteiger partial charge in [0.2, 0.25) is 0 Å². The third kappa shape index (κ3) is 18.8. The molecular weight excluding hydrogens is 212 g/mol. The number of carbonyl (C=O) groups is 1. The van der Waals surface area contributed by atoms with Gasteiger partial charge in [0.15, 0.2) is 0 Å². The summed E-state index contributed by atoms with van der Waals surface area (Å²) in [4.78, 5) is 18.5. The van der Waals surface area contributed by atoms with Crippen LogP contribution in [0.15, 0.2) is 12.7 Å². The van der Waals surface area contributed by atoms with Gasteiger partial charge in [0, 0.05) is 19.3 Å². The quantitative estimate of drug-likeness (QED) is 0.285. The van der Waals surface area contributed by atoms with Crippen molar-refractivity contribution < 1.29 is 24.8 Å². The normalized spacial score (nSPS) is 8.94. The zero-order chi connectivity index (χ0) is 12.6. The maximum absolute atomic E-state index is 10.1. The van der Waals surface area contributed by atoms with Gasteiger partial charge < -0.3 is 10.2 Å². The van der Waals surface area contributed by atoms with Crippen LogP contribution >= 0.6 is 0 Å². The third-order valence-corrected chi connectivity index (χ3v) is 1.49. The molecule has 96 valence electrons. The summed E-state index contributed by atoms with van der Waals surface area (Å²) in [6, 6.07) is 0. The Bertz CT molecular complexity index is 152. The van der Waals surface area contributed by atoms with Gasteiger partial charge in [-0.15, -0.1) is 0 Å². The monoisotopic (exact) mass is 234 g/mol. The molecule has 0 aromatic rings. The van der Waals surface area contributed by atoms with Crippen molar-refractivity contribution in [2.75, 3.05) is 19.8 Å². The molecule has 0 atom stereocenters. The van der Waals surface area contributed by atoms with Crippen molar-refractivity contribution in [3.8, 4) is 0 Å². The molecule has 5 heteroatoms. The van der Waals surface area contributed by atoms with E-state index in [0.717, 1.165) is 31.8 Å². The lowest BCUT2D eigenvalue weighted by Crippen LogP contribution is -2.00. The van der Waals surface area contributed by atoms with E-state index in [1.807, 2.05) is 0 Å². The Morgan fingerprint density at radius 2 is 1.69 bits per heavy atom. The van der Waals surface area contributed by atoms with Crippen LogP contribution in [-0.2, 0) is 14.6 Å². The van der Waals surface area contributed by atoms with Crippen LogP contribution in [0.25, 0.3) is 0 Å². The zero-order valence-corrected chi connectivity index (χ0v) is 9.85. The van der Waals surface area contributed by atoms with E-state index in [4.69, 9.17) is 10.2 Å². The van der Waals surface area contributed by atoms with E-state index in [2.05, 4.69) is 16.4 Å². The first-order valence-electron chi connectivity index (χ1n) is 5.40. The minimum absolute atomic E-state index is 0.283. The third-order valence-electron chi connectivity index (χ3n) is 1.49. The SMILES string of the molecule is C=CC(=O)OOCC.OCCCCCCO. The number of unbranched alkanes of at least 4 members (excludes halogenated alkanes) is 3. The average molecular weight is 234 g/mol. The van der Waals surface area contributed by atoms with Gasteiger partial charge in [-0.2, -0.15) is 4.89 Å². The highest BCUT2D eigenvalue weighted by atomic mass is 17.2. The van der Waals surface area contributed by atoms with Gasteiger partial charge in [-0.05, 0) is 19.8 Å². The van der Waals surface area contributed by atoms with Crippen LogP contribution in [0.2, 0.25) is 0 Å². The second kappa shape index (κ2) is 16.5. The van der Waals surface area contributed by atoms with E-state index in [1.165, 1.54) is 0 Å². The second-order valence-corrected chi connectivity index (χ2v) is 2.87. The zero-order valence-electron chi connectivity index (χ0n) is 9.85. The van der Waals surface area contributed by atoms with Crippen LogP contribution in [0, 0.1) is 0 Å². The first kappa shape index (κ1) is 17.5. The first-order chi connectivity index (χ1) is 7.72. The van der Waals surface area contributed by atoms with Crippen molar-refractivity contribution in [2.24, 2.45) is 0 Å². The molecule has 0 amide bonds. The largest absolute Gasteiger partial charge is 0.396 e. The van der Waals surface area contributed by atoms with Gasteiger partial charge in [-0.1, -0.05) is 19.4 Å². The molecule has 0 saturated heterocycles. The van der Waals surface area contributed by atoms with Gasteiger partial charge in [-0.25, -0.2) is 4.79 Å². The average Bonchev–Trinajstić information content (AvgIpc) is 2.32. The van der Waals surface area contributed by atoms with Crippen molar-refractivity contribution in [2.45, 2.75) is 32.6 Å². The topological polar surface area (TPSA) is 76.0 Å². The number of aliphatic hydroxyl groups is 2. The number of aliphatic hydroxyl groups excluding tert-OH is 2. The lowest BCUT2D eigenvalue weighted by molar-refractivity contribution is -0.264. The highest BCUT2D eigenvalue weighted by Gasteiger charge is 1.91. The molecule has 0 bridgehead atoms. The molecule has 0 spiro atoms. The smallest absolute Gasteiger partial charge is 0.365 e. The Kier molecular flexibility index (Phi) is 18.0. The molecule has 0 unspecified atom stereocenters. The summed E-state index contributed by atoms with van der Waals surface area (Å²) in [5.41, 5.74) is 0. The number of hydrogen-bond acceptors (Lipinski definition) is 5. The van der Waals surface area contributed by atoms with Crippen LogP contribution in [0.1, 0.15) is 32.6 Å². The molecule has 0 heterocycles. The van der Waals surface area contributed by atoms with Crippen molar-refractivity contribution in [1.82, 2.24) is 0 Å². The summed E-state index contributed by atoms with van der Waals surface area (Å²) < 4.78 is 0. The number of hydrogen-bond donors (Lipinski definition) is 2. The molecule has 0 rings (SSSR count). The lowest BCUT2D eigenvalue weighted by atomic mass is 10.2. The van der Waals surface area contributed by atoms with Crippen LogP contribution in [0.5, 0.6) is 0 Å². The Morgan fingerprint density at radius 1 is 1.19 bits per heavy atom. The molecule has 2 N–H and O–H groups in total. The summed E-state index contributed by atoms with van der Waals surface area (Å²) in [5.74, 6) is -0.563. The second-order valence-electron chi connectivity index (χ2n) is 2.87. The van der Waals surface area contributed by atoms with Crippen LogP contribution in [-0.4, -0.2) is 36.0 Å². The predicted molar refractivity (Wildman–Crippen MR) is 60.6 cm³/mol. The molecule has 0 aromatic carbocycles. The van der Waals surface area contributed by atoms with Crippen LogP contribution in [0.3, 0.4) is 0 Å². The Morgan fingerprint density at radius 3 is 2.00 bits per heavy atom. The molecule has 0 fully saturated rings. The maximum atomic E-state index is 10.1. The molecule has 0 aromatic heterocycles. The Labute approximate surface area is 96.6 Å². The fourth-order valence-electron chi connectivity index (χ4n) is 0.728. The van der Waals surface area contributed by atoms with Gasteiger partial charge >= 0.3 is 5.97 Å². The van der Waals surface area contributed by atoms with Crippen molar-refractivity contribution in [3.05, 3.63) is 12.7 Å². The van der Waals surface area contributed by atoms with E-state index in [9.17, 15) is 4.79 Å². The Hall–Kier alpha value is -0.910. The highest BCUT2D eigenvalue weighted by Crippen LogP contribution is 1.96. The van der Waals surface area contributed by atoms with E-state index in [1.54, 1.807) is 6.92 Å². The molecule has 0 aliphatic heterocycles. The number of rotatable bonds is 8. The summed E-state index contributed by atoms with van der Waals surface area (Å²) in [5, 5.41) is 16.6. The molecule has 5 nitrogen and oxygen atoms in total. The fraction of sp³-hybridized carbons (Fsp3) is 0.727. The summed E-state index contributed by atoms with van der Waals surface area (Å²) >= 11 is 0. The summed E-state index contributed by atoms with van der Waals surface area (Å²) in [7, 11) is 0. The Balaban J connectivity index is 0.